The van der Waals surface area contributed by atoms with E-state index >= 15 is 0 Å². The molecule has 0 aliphatic heterocycles. The second-order valence-corrected chi connectivity index (χ2v) is 6.19. The summed E-state index contributed by atoms with van der Waals surface area (Å²) in [6, 6.07) is 2.07. The second kappa shape index (κ2) is 10.4. The SMILES string of the molecule is CCCCCCCCCc1nccc(Br)c1CCC. The largest absolute Gasteiger partial charge is 0.261 e. The fraction of sp³-hybridized carbons (Fsp3) is 0.706. The lowest BCUT2D eigenvalue weighted by Gasteiger charge is -2.09. The molecule has 19 heavy (non-hydrogen) atoms. The van der Waals surface area contributed by atoms with Crippen LogP contribution in [0.15, 0.2) is 16.7 Å². The number of halogens is 1. The van der Waals surface area contributed by atoms with Gasteiger partial charge in [-0.3, -0.25) is 4.98 Å². The van der Waals surface area contributed by atoms with Crippen LogP contribution < -0.4 is 0 Å². The van der Waals surface area contributed by atoms with Gasteiger partial charge in [-0.25, -0.2) is 0 Å². The Morgan fingerprint density at radius 3 is 2.26 bits per heavy atom. The standard InChI is InChI=1S/C17H28BrN/c1-3-5-6-7-8-9-10-12-17-15(11-4-2)16(18)13-14-19-17/h13-14H,3-12H2,1-2H3. The molecule has 1 rings (SSSR count). The molecule has 2 heteroatoms. The molecule has 0 aliphatic rings. The summed E-state index contributed by atoms with van der Waals surface area (Å²) in [6.45, 7) is 4.51. The smallest absolute Gasteiger partial charge is 0.0446 e. The molecule has 0 radical (unpaired) electrons. The van der Waals surface area contributed by atoms with Crippen LogP contribution in [0.2, 0.25) is 0 Å². The maximum absolute atomic E-state index is 4.58. The first kappa shape index (κ1) is 16.7. The average molecular weight is 326 g/mol. The first-order valence-corrected chi connectivity index (χ1v) is 8.71. The van der Waals surface area contributed by atoms with Gasteiger partial charge in [0, 0.05) is 16.4 Å². The van der Waals surface area contributed by atoms with Gasteiger partial charge in [-0.2, -0.15) is 0 Å². The summed E-state index contributed by atoms with van der Waals surface area (Å²) >= 11 is 3.66. The van der Waals surface area contributed by atoms with Crippen LogP contribution in [0.4, 0.5) is 0 Å². The van der Waals surface area contributed by atoms with Gasteiger partial charge in [-0.05, 0) is 30.9 Å². The van der Waals surface area contributed by atoms with Crippen molar-refractivity contribution >= 4 is 15.9 Å². The summed E-state index contributed by atoms with van der Waals surface area (Å²) in [5.74, 6) is 0. The van der Waals surface area contributed by atoms with Crippen LogP contribution in [-0.2, 0) is 12.8 Å². The van der Waals surface area contributed by atoms with Crippen LogP contribution in [0.3, 0.4) is 0 Å². The van der Waals surface area contributed by atoms with Crippen molar-refractivity contribution in [2.75, 3.05) is 0 Å². The van der Waals surface area contributed by atoms with Gasteiger partial charge in [-0.15, -0.1) is 0 Å². The van der Waals surface area contributed by atoms with Crippen LogP contribution in [0.5, 0.6) is 0 Å². The molecule has 1 aromatic rings. The highest BCUT2D eigenvalue weighted by Gasteiger charge is 2.06. The van der Waals surface area contributed by atoms with Crippen LogP contribution in [-0.4, -0.2) is 4.98 Å². The fourth-order valence-corrected chi connectivity index (χ4v) is 3.03. The van der Waals surface area contributed by atoms with Gasteiger partial charge in [0.1, 0.15) is 0 Å². The number of nitrogens with zero attached hydrogens (tertiary/aromatic N) is 1. The summed E-state index contributed by atoms with van der Waals surface area (Å²) in [5, 5.41) is 0. The lowest BCUT2D eigenvalue weighted by atomic mass is 10.0. The van der Waals surface area contributed by atoms with Crippen molar-refractivity contribution in [3.05, 3.63) is 28.0 Å². The third kappa shape index (κ3) is 6.56. The highest BCUT2D eigenvalue weighted by Crippen LogP contribution is 2.22. The van der Waals surface area contributed by atoms with E-state index in [0.29, 0.717) is 0 Å². The molecule has 0 atom stereocenters. The molecule has 108 valence electrons. The Balaban J connectivity index is 2.30. The van der Waals surface area contributed by atoms with Crippen LogP contribution in [0, 0.1) is 0 Å². The number of pyridine rings is 1. The van der Waals surface area contributed by atoms with Gasteiger partial charge in [0.05, 0.1) is 0 Å². The molecular weight excluding hydrogens is 298 g/mol. The van der Waals surface area contributed by atoms with Crippen molar-refractivity contribution in [1.29, 1.82) is 0 Å². The quantitative estimate of drug-likeness (QED) is 0.474. The normalized spacial score (nSPS) is 10.9. The first-order chi connectivity index (χ1) is 9.29. The molecule has 1 heterocycles. The Hall–Kier alpha value is -0.370. The van der Waals surface area contributed by atoms with Crippen molar-refractivity contribution < 1.29 is 0 Å². The van der Waals surface area contributed by atoms with Crippen LogP contribution in [0.1, 0.15) is 76.5 Å². The third-order valence-corrected chi connectivity index (χ3v) is 4.35. The Morgan fingerprint density at radius 1 is 0.895 bits per heavy atom. The zero-order valence-electron chi connectivity index (χ0n) is 12.6. The van der Waals surface area contributed by atoms with Gasteiger partial charge in [0.25, 0.3) is 0 Å². The average Bonchev–Trinajstić information content (AvgIpc) is 2.41. The van der Waals surface area contributed by atoms with Crippen LogP contribution in [0.25, 0.3) is 0 Å². The van der Waals surface area contributed by atoms with E-state index in [0.717, 1.165) is 12.8 Å². The Morgan fingerprint density at radius 2 is 1.58 bits per heavy atom. The third-order valence-electron chi connectivity index (χ3n) is 3.61. The summed E-state index contributed by atoms with van der Waals surface area (Å²) in [6.07, 6.45) is 15.0. The molecule has 1 nitrogen and oxygen atoms in total. The lowest BCUT2D eigenvalue weighted by molar-refractivity contribution is 0.586. The molecule has 0 saturated heterocycles. The van der Waals surface area contributed by atoms with E-state index in [9.17, 15) is 0 Å². The maximum Gasteiger partial charge on any atom is 0.0446 e. The van der Waals surface area contributed by atoms with E-state index in [1.54, 1.807) is 0 Å². The van der Waals surface area contributed by atoms with Gasteiger partial charge in [0.2, 0.25) is 0 Å². The first-order valence-electron chi connectivity index (χ1n) is 7.91. The van der Waals surface area contributed by atoms with Crippen molar-refractivity contribution in [2.45, 2.75) is 78.1 Å². The van der Waals surface area contributed by atoms with E-state index in [4.69, 9.17) is 0 Å². The second-order valence-electron chi connectivity index (χ2n) is 5.34. The van der Waals surface area contributed by atoms with Gasteiger partial charge in [0.15, 0.2) is 0 Å². The number of rotatable bonds is 10. The molecule has 0 unspecified atom stereocenters. The molecule has 0 bridgehead atoms. The van der Waals surface area contributed by atoms with Crippen molar-refractivity contribution in [3.8, 4) is 0 Å². The molecule has 0 spiro atoms. The molecule has 0 amide bonds. The zero-order valence-corrected chi connectivity index (χ0v) is 14.1. The Labute approximate surface area is 127 Å². The molecule has 0 aliphatic carbocycles. The zero-order chi connectivity index (χ0) is 13.9. The van der Waals surface area contributed by atoms with Crippen molar-refractivity contribution in [2.24, 2.45) is 0 Å². The van der Waals surface area contributed by atoms with E-state index in [-0.39, 0.29) is 0 Å². The van der Waals surface area contributed by atoms with Crippen molar-refractivity contribution in [1.82, 2.24) is 4.98 Å². The lowest BCUT2D eigenvalue weighted by Crippen LogP contribution is -1.99. The number of hydrogen-bond acceptors (Lipinski definition) is 1. The minimum atomic E-state index is 1.14. The number of aromatic nitrogens is 1. The molecule has 0 N–H and O–H groups in total. The summed E-state index contributed by atoms with van der Waals surface area (Å²) in [5.41, 5.74) is 2.74. The van der Waals surface area contributed by atoms with Gasteiger partial charge in [-0.1, -0.05) is 74.7 Å². The number of hydrogen-bond donors (Lipinski definition) is 0. The summed E-state index contributed by atoms with van der Waals surface area (Å²) in [7, 11) is 0. The minimum absolute atomic E-state index is 1.14. The number of aryl methyl sites for hydroxylation is 1. The van der Waals surface area contributed by atoms with Crippen molar-refractivity contribution in [3.63, 3.8) is 0 Å². The van der Waals surface area contributed by atoms with E-state index in [1.807, 2.05) is 6.20 Å². The van der Waals surface area contributed by atoms with E-state index in [2.05, 4.69) is 40.8 Å². The van der Waals surface area contributed by atoms with E-state index in [1.165, 1.54) is 67.1 Å². The summed E-state index contributed by atoms with van der Waals surface area (Å²) < 4.78 is 1.24. The van der Waals surface area contributed by atoms with E-state index < -0.39 is 0 Å². The number of unbranched alkanes of at least 4 members (excludes halogenated alkanes) is 6. The molecular formula is C17H28BrN. The molecule has 0 saturated carbocycles. The topological polar surface area (TPSA) is 12.9 Å². The molecule has 0 aromatic carbocycles. The van der Waals surface area contributed by atoms with Gasteiger partial charge < -0.3 is 0 Å². The fourth-order valence-electron chi connectivity index (χ4n) is 2.49. The Kier molecular flexibility index (Phi) is 9.15. The molecule has 0 fully saturated rings. The predicted molar refractivity (Wildman–Crippen MR) is 87.6 cm³/mol. The predicted octanol–water partition coefficient (Wildman–Crippen LogP) is 6.09. The Bertz CT molecular complexity index is 349. The molecule has 1 aromatic heterocycles. The van der Waals surface area contributed by atoms with Crippen LogP contribution >= 0.6 is 15.9 Å². The summed E-state index contributed by atoms with van der Waals surface area (Å²) in [4.78, 5) is 4.58. The maximum atomic E-state index is 4.58. The monoisotopic (exact) mass is 325 g/mol. The minimum Gasteiger partial charge on any atom is -0.261 e. The highest BCUT2D eigenvalue weighted by molar-refractivity contribution is 9.10. The highest BCUT2D eigenvalue weighted by atomic mass is 79.9. The van der Waals surface area contributed by atoms with Gasteiger partial charge >= 0.3 is 0 Å².